The molecule has 4 nitrogen and oxygen atoms in total. The van der Waals surface area contributed by atoms with Gasteiger partial charge in [-0.25, -0.2) is 0 Å². The van der Waals surface area contributed by atoms with Gasteiger partial charge in [0.25, 0.3) is 0 Å². The second-order valence-electron chi connectivity index (χ2n) is 4.35. The van der Waals surface area contributed by atoms with Crippen LogP contribution in [0.15, 0.2) is 40.6 Å². The van der Waals surface area contributed by atoms with Gasteiger partial charge in [0.15, 0.2) is 5.78 Å². The molecule has 0 fully saturated rings. The van der Waals surface area contributed by atoms with E-state index in [2.05, 4.69) is 21.0 Å². The van der Waals surface area contributed by atoms with Crippen molar-refractivity contribution in [1.29, 1.82) is 0 Å². The number of rotatable bonds is 1. The van der Waals surface area contributed by atoms with Gasteiger partial charge >= 0.3 is 0 Å². The van der Waals surface area contributed by atoms with Crippen molar-refractivity contribution in [1.82, 2.24) is 9.78 Å². The molecule has 0 saturated heterocycles. The van der Waals surface area contributed by atoms with Crippen molar-refractivity contribution < 1.29 is 9.53 Å². The molecule has 0 aliphatic carbocycles. The van der Waals surface area contributed by atoms with Crippen LogP contribution < -0.4 is 4.74 Å². The summed E-state index contributed by atoms with van der Waals surface area (Å²) >= 11 is 3.39. The first kappa shape index (κ1) is 12.2. The summed E-state index contributed by atoms with van der Waals surface area (Å²) in [6.45, 7) is 0.281. The summed E-state index contributed by atoms with van der Waals surface area (Å²) in [4.78, 5) is 12.4. The molecule has 0 N–H and O–H groups in total. The molecule has 1 aliphatic heterocycles. The molecule has 96 valence electrons. The molecular weight excluding hydrogens is 308 g/mol. The molecule has 0 saturated carbocycles. The molecule has 0 radical (unpaired) electrons. The average molecular weight is 319 g/mol. The van der Waals surface area contributed by atoms with Gasteiger partial charge in [-0.3, -0.25) is 9.48 Å². The first-order valence-electron chi connectivity index (χ1n) is 5.80. The van der Waals surface area contributed by atoms with Gasteiger partial charge in [-0.05, 0) is 34.1 Å². The zero-order valence-corrected chi connectivity index (χ0v) is 11.8. The summed E-state index contributed by atoms with van der Waals surface area (Å²) in [6, 6.07) is 5.47. The van der Waals surface area contributed by atoms with Crippen molar-refractivity contribution >= 4 is 27.8 Å². The monoisotopic (exact) mass is 318 g/mol. The number of hydrogen-bond donors (Lipinski definition) is 0. The standard InChI is InChI=1S/C14H11BrN2O2/c1-17-7-9(6-16-17)5-10-8-19-14-11(13(10)18)3-2-4-12(14)15/h2-7H,8H2,1H3/b10-5+. The smallest absolute Gasteiger partial charge is 0.196 e. The molecule has 0 spiro atoms. The van der Waals surface area contributed by atoms with Gasteiger partial charge in [-0.2, -0.15) is 5.10 Å². The predicted molar refractivity (Wildman–Crippen MR) is 75.2 cm³/mol. The first-order valence-corrected chi connectivity index (χ1v) is 6.59. The number of carbonyl (C=O) groups excluding carboxylic acids is 1. The van der Waals surface area contributed by atoms with Crippen LogP contribution in [0, 0.1) is 0 Å². The summed E-state index contributed by atoms with van der Waals surface area (Å²) in [6.07, 6.45) is 5.40. The maximum absolute atomic E-state index is 12.4. The zero-order valence-electron chi connectivity index (χ0n) is 10.3. The van der Waals surface area contributed by atoms with Crippen LogP contribution in [0.25, 0.3) is 6.08 Å². The van der Waals surface area contributed by atoms with Crippen molar-refractivity contribution in [2.45, 2.75) is 0 Å². The Labute approximate surface area is 118 Å². The van der Waals surface area contributed by atoms with Crippen LogP contribution in [0.1, 0.15) is 15.9 Å². The summed E-state index contributed by atoms with van der Waals surface area (Å²) in [5.74, 6) is 0.627. The number of benzene rings is 1. The predicted octanol–water partition coefficient (Wildman–Crippen LogP) is 2.84. The van der Waals surface area contributed by atoms with Crippen molar-refractivity contribution in [3.05, 3.63) is 51.8 Å². The van der Waals surface area contributed by atoms with Crippen molar-refractivity contribution in [2.24, 2.45) is 7.05 Å². The third-order valence-corrected chi connectivity index (χ3v) is 3.57. The Hall–Kier alpha value is -1.88. The second kappa shape index (κ2) is 4.66. The molecular formula is C14H11BrN2O2. The van der Waals surface area contributed by atoms with E-state index in [1.807, 2.05) is 31.5 Å². The van der Waals surface area contributed by atoms with Crippen molar-refractivity contribution in [3.8, 4) is 5.75 Å². The third kappa shape index (κ3) is 2.21. The van der Waals surface area contributed by atoms with Crippen LogP contribution in [0.3, 0.4) is 0 Å². The summed E-state index contributed by atoms with van der Waals surface area (Å²) < 4.78 is 8.16. The molecule has 5 heteroatoms. The van der Waals surface area contributed by atoms with Gasteiger partial charge in [0.1, 0.15) is 12.4 Å². The van der Waals surface area contributed by atoms with Gasteiger partial charge in [-0.15, -0.1) is 0 Å². The van der Waals surface area contributed by atoms with Crippen LogP contribution >= 0.6 is 15.9 Å². The summed E-state index contributed by atoms with van der Waals surface area (Å²) in [5.41, 5.74) is 2.13. The van der Waals surface area contributed by atoms with Gasteiger partial charge in [0.05, 0.1) is 16.2 Å². The van der Waals surface area contributed by atoms with E-state index < -0.39 is 0 Å². The maximum Gasteiger partial charge on any atom is 0.196 e. The number of aromatic nitrogens is 2. The lowest BCUT2D eigenvalue weighted by atomic mass is 9.99. The van der Waals surface area contributed by atoms with Gasteiger partial charge in [-0.1, -0.05) is 6.07 Å². The van der Waals surface area contributed by atoms with Crippen LogP contribution in [-0.4, -0.2) is 22.2 Å². The normalized spacial score (nSPS) is 16.3. The molecule has 1 aromatic carbocycles. The van der Waals surface area contributed by atoms with E-state index in [4.69, 9.17) is 4.74 Å². The quantitative estimate of drug-likeness (QED) is 0.759. The molecule has 2 heterocycles. The number of aryl methyl sites for hydroxylation is 1. The van der Waals surface area contributed by atoms with Crippen LogP contribution in [0.2, 0.25) is 0 Å². The fraction of sp³-hybridized carbons (Fsp3) is 0.143. The lowest BCUT2D eigenvalue weighted by Crippen LogP contribution is -2.19. The van der Waals surface area contributed by atoms with Crippen LogP contribution in [0.4, 0.5) is 0 Å². The molecule has 19 heavy (non-hydrogen) atoms. The molecule has 2 aromatic rings. The number of carbonyl (C=O) groups is 1. The van der Waals surface area contributed by atoms with Crippen molar-refractivity contribution in [2.75, 3.05) is 6.61 Å². The number of Topliss-reactive ketones (excluding diaryl/α,β-unsaturated/α-hetero) is 1. The summed E-state index contributed by atoms with van der Waals surface area (Å²) in [5, 5.41) is 4.08. The topological polar surface area (TPSA) is 44.1 Å². The second-order valence-corrected chi connectivity index (χ2v) is 5.21. The molecule has 1 aliphatic rings. The molecule has 0 amide bonds. The van der Waals surface area contributed by atoms with Crippen LogP contribution in [0.5, 0.6) is 5.75 Å². The van der Waals surface area contributed by atoms with Crippen molar-refractivity contribution in [3.63, 3.8) is 0 Å². The van der Waals surface area contributed by atoms with E-state index in [0.29, 0.717) is 16.9 Å². The van der Waals surface area contributed by atoms with Gasteiger partial charge in [0, 0.05) is 24.4 Å². The third-order valence-electron chi connectivity index (χ3n) is 2.94. The van der Waals surface area contributed by atoms with Crippen LogP contribution in [-0.2, 0) is 7.05 Å². The minimum absolute atomic E-state index is 0.00593. The van der Waals surface area contributed by atoms with E-state index in [1.165, 1.54) is 0 Å². The number of hydrogen-bond acceptors (Lipinski definition) is 3. The van der Waals surface area contributed by atoms with E-state index >= 15 is 0 Å². The Morgan fingerprint density at radius 2 is 2.32 bits per heavy atom. The Bertz CT molecular complexity index is 689. The first-order chi connectivity index (χ1) is 9.15. The highest BCUT2D eigenvalue weighted by atomic mass is 79.9. The minimum Gasteiger partial charge on any atom is -0.487 e. The zero-order chi connectivity index (χ0) is 13.4. The average Bonchev–Trinajstić information content (AvgIpc) is 2.79. The van der Waals surface area contributed by atoms with E-state index in [-0.39, 0.29) is 12.4 Å². The molecule has 0 bridgehead atoms. The Kier molecular flexibility index (Phi) is 2.98. The number of ether oxygens (including phenoxy) is 1. The Morgan fingerprint density at radius 3 is 3.05 bits per heavy atom. The number of ketones is 1. The highest BCUT2D eigenvalue weighted by Gasteiger charge is 2.24. The summed E-state index contributed by atoms with van der Waals surface area (Å²) in [7, 11) is 1.84. The van der Waals surface area contributed by atoms with E-state index in [9.17, 15) is 4.79 Å². The van der Waals surface area contributed by atoms with Gasteiger partial charge in [0.2, 0.25) is 0 Å². The lowest BCUT2D eigenvalue weighted by molar-refractivity contribution is 0.100. The highest BCUT2D eigenvalue weighted by Crippen LogP contribution is 2.34. The lowest BCUT2D eigenvalue weighted by Gasteiger charge is -2.19. The maximum atomic E-state index is 12.4. The number of nitrogens with zero attached hydrogens (tertiary/aromatic N) is 2. The number of fused-ring (bicyclic) bond motifs is 1. The minimum atomic E-state index is 0.00593. The Morgan fingerprint density at radius 1 is 1.47 bits per heavy atom. The molecule has 0 atom stereocenters. The fourth-order valence-electron chi connectivity index (χ4n) is 2.05. The van der Waals surface area contributed by atoms with E-state index in [1.54, 1.807) is 16.9 Å². The molecule has 0 unspecified atom stereocenters. The SMILES string of the molecule is Cn1cc(/C=C2\COc3c(Br)cccc3C2=O)cn1. The van der Waals surface area contributed by atoms with E-state index in [0.717, 1.165) is 10.0 Å². The fourth-order valence-corrected chi connectivity index (χ4v) is 2.53. The molecule has 1 aromatic heterocycles. The molecule has 3 rings (SSSR count). The number of halogens is 1. The highest BCUT2D eigenvalue weighted by molar-refractivity contribution is 9.10. The Balaban J connectivity index is 2.00. The number of para-hydroxylation sites is 1. The largest absolute Gasteiger partial charge is 0.487 e. The van der Waals surface area contributed by atoms with Gasteiger partial charge < -0.3 is 4.74 Å².